The summed E-state index contributed by atoms with van der Waals surface area (Å²) in [6, 6.07) is 5.46. The number of hydrogen-bond donors (Lipinski definition) is 0. The van der Waals surface area contributed by atoms with Crippen molar-refractivity contribution in [3.63, 3.8) is 0 Å². The SMILES string of the molecule is CC(=O)Oc1cn(C(C)=O)c2cccc(Br)c12. The fourth-order valence-electron chi connectivity index (χ4n) is 1.70. The zero-order valence-corrected chi connectivity index (χ0v) is 10.9. The number of rotatable bonds is 1. The molecule has 17 heavy (non-hydrogen) atoms. The minimum absolute atomic E-state index is 0.133. The van der Waals surface area contributed by atoms with Crippen LogP contribution in [0.5, 0.6) is 5.75 Å². The molecule has 4 nitrogen and oxygen atoms in total. The Morgan fingerprint density at radius 3 is 2.59 bits per heavy atom. The lowest BCUT2D eigenvalue weighted by Gasteiger charge is -2.00. The number of carbonyl (C=O) groups is 2. The number of benzene rings is 1. The van der Waals surface area contributed by atoms with Gasteiger partial charge in [0.2, 0.25) is 5.91 Å². The third-order valence-electron chi connectivity index (χ3n) is 2.34. The largest absolute Gasteiger partial charge is 0.424 e. The van der Waals surface area contributed by atoms with Gasteiger partial charge in [0.15, 0.2) is 5.75 Å². The molecule has 2 rings (SSSR count). The molecule has 0 bridgehead atoms. The van der Waals surface area contributed by atoms with Crippen molar-refractivity contribution < 1.29 is 14.3 Å². The van der Waals surface area contributed by atoms with E-state index in [2.05, 4.69) is 15.9 Å². The van der Waals surface area contributed by atoms with Gasteiger partial charge in [-0.05, 0) is 28.1 Å². The molecule has 88 valence electrons. The summed E-state index contributed by atoms with van der Waals surface area (Å²) in [5.74, 6) is -0.162. The molecule has 0 N–H and O–H groups in total. The number of fused-ring (bicyclic) bond motifs is 1. The maximum atomic E-state index is 11.5. The van der Waals surface area contributed by atoms with Crippen molar-refractivity contribution >= 4 is 38.7 Å². The molecule has 0 saturated heterocycles. The predicted molar refractivity (Wildman–Crippen MR) is 67.2 cm³/mol. The maximum Gasteiger partial charge on any atom is 0.308 e. The lowest BCUT2D eigenvalue weighted by Crippen LogP contribution is -2.03. The van der Waals surface area contributed by atoms with Gasteiger partial charge in [0, 0.05) is 18.3 Å². The molecular weight excluding hydrogens is 286 g/mol. The van der Waals surface area contributed by atoms with E-state index in [4.69, 9.17) is 4.74 Å². The molecule has 0 aliphatic rings. The standard InChI is InChI=1S/C12H10BrNO3/c1-7(15)14-6-11(17-8(2)16)12-9(13)4-3-5-10(12)14/h3-6H,1-2H3. The maximum absolute atomic E-state index is 11.5. The fourth-order valence-corrected chi connectivity index (χ4v) is 2.25. The van der Waals surface area contributed by atoms with Crippen LogP contribution in [0.15, 0.2) is 28.9 Å². The van der Waals surface area contributed by atoms with E-state index in [9.17, 15) is 9.59 Å². The summed E-state index contributed by atoms with van der Waals surface area (Å²) < 4.78 is 7.34. The summed E-state index contributed by atoms with van der Waals surface area (Å²) in [6.07, 6.45) is 1.53. The van der Waals surface area contributed by atoms with Crippen LogP contribution >= 0.6 is 15.9 Å². The molecule has 1 aromatic heterocycles. The summed E-state index contributed by atoms with van der Waals surface area (Å²) in [5, 5.41) is 0.720. The number of ether oxygens (including phenoxy) is 1. The van der Waals surface area contributed by atoms with Gasteiger partial charge in [-0.25, -0.2) is 0 Å². The van der Waals surface area contributed by atoms with E-state index in [0.29, 0.717) is 11.3 Å². The molecule has 0 spiro atoms. The van der Waals surface area contributed by atoms with E-state index in [1.807, 2.05) is 12.1 Å². The van der Waals surface area contributed by atoms with E-state index in [1.54, 1.807) is 6.07 Å². The molecule has 0 atom stereocenters. The first-order valence-corrected chi connectivity index (χ1v) is 5.79. The van der Waals surface area contributed by atoms with Crippen molar-refractivity contribution in [1.29, 1.82) is 0 Å². The highest BCUT2D eigenvalue weighted by Gasteiger charge is 2.15. The number of nitrogens with zero attached hydrogens (tertiary/aromatic N) is 1. The van der Waals surface area contributed by atoms with Crippen LogP contribution in [0.3, 0.4) is 0 Å². The van der Waals surface area contributed by atoms with Crippen LogP contribution in [0.4, 0.5) is 0 Å². The minimum atomic E-state index is -0.414. The quantitative estimate of drug-likeness (QED) is 0.760. The first-order valence-electron chi connectivity index (χ1n) is 4.99. The average Bonchev–Trinajstić information content (AvgIpc) is 2.57. The Morgan fingerprint density at radius 1 is 1.29 bits per heavy atom. The van der Waals surface area contributed by atoms with Gasteiger partial charge in [0.1, 0.15) is 0 Å². The summed E-state index contributed by atoms with van der Waals surface area (Å²) in [7, 11) is 0. The smallest absolute Gasteiger partial charge is 0.308 e. The highest BCUT2D eigenvalue weighted by atomic mass is 79.9. The first-order chi connectivity index (χ1) is 8.00. The summed E-state index contributed by atoms with van der Waals surface area (Å²) in [6.45, 7) is 2.78. The average molecular weight is 296 g/mol. The van der Waals surface area contributed by atoms with Crippen LogP contribution < -0.4 is 4.74 Å². The van der Waals surface area contributed by atoms with Gasteiger partial charge in [0.25, 0.3) is 0 Å². The number of aromatic nitrogens is 1. The topological polar surface area (TPSA) is 48.3 Å². The lowest BCUT2D eigenvalue weighted by molar-refractivity contribution is -0.131. The van der Waals surface area contributed by atoms with Crippen LogP contribution in [-0.2, 0) is 4.79 Å². The first kappa shape index (κ1) is 11.9. The van der Waals surface area contributed by atoms with Gasteiger partial charge >= 0.3 is 5.97 Å². The van der Waals surface area contributed by atoms with Crippen molar-refractivity contribution in [3.05, 3.63) is 28.9 Å². The minimum Gasteiger partial charge on any atom is -0.424 e. The van der Waals surface area contributed by atoms with E-state index in [0.717, 1.165) is 9.86 Å². The molecule has 0 radical (unpaired) electrons. The van der Waals surface area contributed by atoms with Crippen LogP contribution in [0.1, 0.15) is 18.6 Å². The van der Waals surface area contributed by atoms with Crippen LogP contribution in [0, 0.1) is 0 Å². The molecule has 0 fully saturated rings. The van der Waals surface area contributed by atoms with E-state index >= 15 is 0 Å². The Balaban J connectivity index is 2.75. The molecular formula is C12H10BrNO3. The lowest BCUT2D eigenvalue weighted by atomic mass is 10.2. The van der Waals surface area contributed by atoms with Crippen molar-refractivity contribution in [2.45, 2.75) is 13.8 Å². The van der Waals surface area contributed by atoms with Crippen LogP contribution in [0.2, 0.25) is 0 Å². The van der Waals surface area contributed by atoms with Gasteiger partial charge in [-0.1, -0.05) is 6.07 Å². The zero-order chi connectivity index (χ0) is 12.6. The highest BCUT2D eigenvalue weighted by molar-refractivity contribution is 9.10. The van der Waals surface area contributed by atoms with Gasteiger partial charge < -0.3 is 4.74 Å². The summed E-state index contributed by atoms with van der Waals surface area (Å²) >= 11 is 3.38. The normalized spacial score (nSPS) is 10.5. The van der Waals surface area contributed by atoms with Gasteiger partial charge in [-0.15, -0.1) is 0 Å². The van der Waals surface area contributed by atoms with Crippen LogP contribution in [-0.4, -0.2) is 16.4 Å². The second kappa shape index (κ2) is 4.33. The molecule has 1 aromatic carbocycles. The third kappa shape index (κ3) is 2.10. The second-order valence-corrected chi connectivity index (χ2v) is 4.46. The van der Waals surface area contributed by atoms with Gasteiger partial charge in [-0.3, -0.25) is 14.2 Å². The Morgan fingerprint density at radius 2 is 2.00 bits per heavy atom. The monoisotopic (exact) mass is 295 g/mol. The van der Waals surface area contributed by atoms with Crippen molar-refractivity contribution in [1.82, 2.24) is 4.57 Å². The predicted octanol–water partition coefficient (Wildman–Crippen LogP) is 2.99. The third-order valence-corrected chi connectivity index (χ3v) is 3.00. The Hall–Kier alpha value is -1.62. The highest BCUT2D eigenvalue weighted by Crippen LogP contribution is 2.34. The fraction of sp³-hybridized carbons (Fsp3) is 0.167. The second-order valence-electron chi connectivity index (χ2n) is 3.61. The molecule has 0 amide bonds. The Labute approximate surface area is 106 Å². The van der Waals surface area contributed by atoms with E-state index in [1.165, 1.54) is 24.6 Å². The molecule has 0 saturated carbocycles. The molecule has 5 heteroatoms. The number of esters is 1. The molecule has 0 unspecified atom stereocenters. The molecule has 0 aliphatic heterocycles. The van der Waals surface area contributed by atoms with Crippen LogP contribution in [0.25, 0.3) is 10.9 Å². The summed E-state index contributed by atoms with van der Waals surface area (Å²) in [5.41, 5.74) is 0.711. The van der Waals surface area contributed by atoms with Crippen molar-refractivity contribution in [2.75, 3.05) is 0 Å². The van der Waals surface area contributed by atoms with Gasteiger partial charge in [-0.2, -0.15) is 0 Å². The molecule has 1 heterocycles. The Bertz CT molecular complexity index is 615. The van der Waals surface area contributed by atoms with Crippen molar-refractivity contribution in [3.8, 4) is 5.75 Å². The molecule has 2 aromatic rings. The van der Waals surface area contributed by atoms with E-state index in [-0.39, 0.29) is 5.91 Å². The van der Waals surface area contributed by atoms with Crippen molar-refractivity contribution in [2.24, 2.45) is 0 Å². The summed E-state index contributed by atoms with van der Waals surface area (Å²) in [4.78, 5) is 22.5. The Kier molecular flexibility index (Phi) is 3.02. The number of hydrogen-bond acceptors (Lipinski definition) is 3. The number of halogens is 1. The number of carbonyl (C=O) groups excluding carboxylic acids is 2. The zero-order valence-electron chi connectivity index (χ0n) is 9.36. The molecule has 0 aliphatic carbocycles. The van der Waals surface area contributed by atoms with Gasteiger partial charge in [0.05, 0.1) is 17.1 Å². The van der Waals surface area contributed by atoms with E-state index < -0.39 is 5.97 Å².